The molecule has 2 saturated heterocycles. The van der Waals surface area contributed by atoms with Gasteiger partial charge in [-0.1, -0.05) is 30.3 Å². The second-order valence-corrected chi connectivity index (χ2v) is 7.16. The zero-order valence-electron chi connectivity index (χ0n) is 14.4. The number of benzene rings is 1. The SMILES string of the molecule is CC(C)NC(=O)[C@H](c1ccccc1)N1CCCN2CCC[C@H]2C1. The quantitative estimate of drug-likeness (QED) is 0.927. The Morgan fingerprint density at radius 2 is 1.87 bits per heavy atom. The number of nitrogens with one attached hydrogen (secondary N) is 1. The Hall–Kier alpha value is -1.39. The van der Waals surface area contributed by atoms with Crippen LogP contribution in [0.15, 0.2) is 30.3 Å². The molecule has 1 aromatic rings. The number of hydrogen-bond donors (Lipinski definition) is 1. The fourth-order valence-corrected chi connectivity index (χ4v) is 4.00. The van der Waals surface area contributed by atoms with E-state index in [0.29, 0.717) is 6.04 Å². The number of carbonyl (C=O) groups excluding carboxylic acids is 1. The molecule has 3 rings (SSSR count). The van der Waals surface area contributed by atoms with E-state index >= 15 is 0 Å². The van der Waals surface area contributed by atoms with E-state index in [2.05, 4.69) is 27.2 Å². The molecule has 0 spiro atoms. The molecule has 0 aliphatic carbocycles. The maximum atomic E-state index is 12.9. The van der Waals surface area contributed by atoms with E-state index in [-0.39, 0.29) is 18.0 Å². The smallest absolute Gasteiger partial charge is 0.242 e. The first-order valence-electron chi connectivity index (χ1n) is 8.98. The molecule has 0 radical (unpaired) electrons. The maximum absolute atomic E-state index is 12.9. The van der Waals surface area contributed by atoms with Crippen molar-refractivity contribution in [2.24, 2.45) is 0 Å². The summed E-state index contributed by atoms with van der Waals surface area (Å²) in [6.07, 6.45) is 3.71. The van der Waals surface area contributed by atoms with Crippen LogP contribution in [0, 0.1) is 0 Å². The lowest BCUT2D eigenvalue weighted by molar-refractivity contribution is -0.127. The van der Waals surface area contributed by atoms with Crippen LogP contribution in [-0.4, -0.2) is 54.0 Å². The topological polar surface area (TPSA) is 35.6 Å². The van der Waals surface area contributed by atoms with E-state index in [4.69, 9.17) is 0 Å². The molecule has 4 nitrogen and oxygen atoms in total. The minimum Gasteiger partial charge on any atom is -0.352 e. The molecule has 1 amide bonds. The number of carbonyl (C=O) groups is 1. The second kappa shape index (κ2) is 7.45. The van der Waals surface area contributed by atoms with Crippen molar-refractivity contribution >= 4 is 5.91 Å². The second-order valence-electron chi connectivity index (χ2n) is 7.16. The van der Waals surface area contributed by atoms with Gasteiger partial charge >= 0.3 is 0 Å². The third-order valence-corrected chi connectivity index (χ3v) is 4.99. The van der Waals surface area contributed by atoms with Crippen LogP contribution in [0.1, 0.15) is 44.7 Å². The van der Waals surface area contributed by atoms with Gasteiger partial charge < -0.3 is 5.32 Å². The molecule has 2 aliphatic heterocycles. The van der Waals surface area contributed by atoms with E-state index < -0.39 is 0 Å². The van der Waals surface area contributed by atoms with Crippen LogP contribution >= 0.6 is 0 Å². The first-order valence-corrected chi connectivity index (χ1v) is 8.98. The molecule has 0 aromatic heterocycles. The molecule has 1 aromatic carbocycles. The van der Waals surface area contributed by atoms with Crippen LogP contribution in [0.25, 0.3) is 0 Å². The van der Waals surface area contributed by atoms with Crippen LogP contribution in [-0.2, 0) is 4.79 Å². The van der Waals surface area contributed by atoms with Crippen molar-refractivity contribution in [3.05, 3.63) is 35.9 Å². The highest BCUT2D eigenvalue weighted by Gasteiger charge is 2.34. The van der Waals surface area contributed by atoms with Gasteiger partial charge in [0.1, 0.15) is 6.04 Å². The maximum Gasteiger partial charge on any atom is 0.242 e. The third-order valence-electron chi connectivity index (χ3n) is 4.99. The summed E-state index contributed by atoms with van der Waals surface area (Å²) in [7, 11) is 0. The van der Waals surface area contributed by atoms with Gasteiger partial charge in [0.2, 0.25) is 5.91 Å². The number of hydrogen-bond acceptors (Lipinski definition) is 3. The summed E-state index contributed by atoms with van der Waals surface area (Å²) >= 11 is 0. The van der Waals surface area contributed by atoms with Crippen molar-refractivity contribution in [3.63, 3.8) is 0 Å². The molecule has 2 fully saturated rings. The molecule has 2 aliphatic rings. The largest absolute Gasteiger partial charge is 0.352 e. The molecule has 0 unspecified atom stereocenters. The fraction of sp³-hybridized carbons (Fsp3) is 0.632. The first kappa shape index (κ1) is 16.5. The van der Waals surface area contributed by atoms with Crippen LogP contribution in [0.2, 0.25) is 0 Å². The molecule has 126 valence electrons. The van der Waals surface area contributed by atoms with E-state index in [1.807, 2.05) is 32.0 Å². The van der Waals surface area contributed by atoms with Crippen LogP contribution in [0.4, 0.5) is 0 Å². The summed E-state index contributed by atoms with van der Waals surface area (Å²) in [4.78, 5) is 17.9. The monoisotopic (exact) mass is 315 g/mol. The van der Waals surface area contributed by atoms with Crippen molar-refractivity contribution < 1.29 is 4.79 Å². The first-order chi connectivity index (χ1) is 11.1. The van der Waals surface area contributed by atoms with E-state index in [9.17, 15) is 4.79 Å². The normalized spacial score (nSPS) is 24.2. The fourth-order valence-electron chi connectivity index (χ4n) is 4.00. The molecule has 1 N–H and O–H groups in total. The lowest BCUT2D eigenvalue weighted by Crippen LogP contribution is -2.45. The molecular weight excluding hydrogens is 286 g/mol. The van der Waals surface area contributed by atoms with Gasteiger partial charge in [-0.2, -0.15) is 0 Å². The summed E-state index contributed by atoms with van der Waals surface area (Å²) in [5.74, 6) is 0.137. The molecular formula is C19H29N3O. The lowest BCUT2D eigenvalue weighted by atomic mass is 10.0. The standard InChI is InChI=1S/C19H29N3O/c1-15(2)20-19(23)18(16-8-4-3-5-9-16)22-13-7-12-21-11-6-10-17(21)14-22/h3-5,8-9,15,17-18H,6-7,10-14H2,1-2H3,(H,20,23)/t17-,18-/m0/s1. The minimum atomic E-state index is -0.167. The van der Waals surface area contributed by atoms with Crippen molar-refractivity contribution in [1.29, 1.82) is 0 Å². The predicted molar refractivity (Wildman–Crippen MR) is 93.2 cm³/mol. The van der Waals surface area contributed by atoms with Crippen molar-refractivity contribution in [1.82, 2.24) is 15.1 Å². The molecule has 0 bridgehead atoms. The van der Waals surface area contributed by atoms with E-state index in [0.717, 1.165) is 25.1 Å². The molecule has 2 atom stereocenters. The van der Waals surface area contributed by atoms with Gasteiger partial charge in [-0.3, -0.25) is 14.6 Å². The van der Waals surface area contributed by atoms with Gasteiger partial charge in [0.05, 0.1) is 0 Å². The minimum absolute atomic E-state index is 0.137. The predicted octanol–water partition coefficient (Wildman–Crippen LogP) is 2.42. The Balaban J connectivity index is 1.83. The van der Waals surface area contributed by atoms with Gasteiger partial charge in [0.15, 0.2) is 0 Å². The zero-order valence-corrected chi connectivity index (χ0v) is 14.4. The third kappa shape index (κ3) is 3.93. The highest BCUT2D eigenvalue weighted by molar-refractivity contribution is 5.83. The summed E-state index contributed by atoms with van der Waals surface area (Å²) < 4.78 is 0. The molecule has 0 saturated carbocycles. The lowest BCUT2D eigenvalue weighted by Gasteiger charge is -2.32. The Kier molecular flexibility index (Phi) is 5.34. The molecule has 4 heteroatoms. The van der Waals surface area contributed by atoms with E-state index in [1.165, 1.54) is 25.9 Å². The Bertz CT molecular complexity index is 517. The van der Waals surface area contributed by atoms with Crippen LogP contribution in [0.5, 0.6) is 0 Å². The summed E-state index contributed by atoms with van der Waals surface area (Å²) in [6.45, 7) is 8.46. The number of amides is 1. The Labute approximate surface area is 139 Å². The average Bonchev–Trinajstić information content (AvgIpc) is 2.86. The highest BCUT2D eigenvalue weighted by atomic mass is 16.2. The van der Waals surface area contributed by atoms with Crippen LogP contribution < -0.4 is 5.32 Å². The van der Waals surface area contributed by atoms with Gasteiger partial charge in [0.25, 0.3) is 0 Å². The number of fused-ring (bicyclic) bond motifs is 1. The summed E-state index contributed by atoms with van der Waals surface area (Å²) in [5.41, 5.74) is 1.11. The molecule has 23 heavy (non-hydrogen) atoms. The van der Waals surface area contributed by atoms with Crippen LogP contribution in [0.3, 0.4) is 0 Å². The molecule has 2 heterocycles. The van der Waals surface area contributed by atoms with Gasteiger partial charge in [-0.15, -0.1) is 0 Å². The van der Waals surface area contributed by atoms with Crippen molar-refractivity contribution in [2.75, 3.05) is 26.2 Å². The highest BCUT2D eigenvalue weighted by Crippen LogP contribution is 2.28. The number of nitrogens with zero attached hydrogens (tertiary/aromatic N) is 2. The van der Waals surface area contributed by atoms with Crippen molar-refractivity contribution in [3.8, 4) is 0 Å². The summed E-state index contributed by atoms with van der Waals surface area (Å²) in [6, 6.07) is 10.9. The number of rotatable bonds is 4. The summed E-state index contributed by atoms with van der Waals surface area (Å²) in [5, 5.41) is 3.12. The van der Waals surface area contributed by atoms with E-state index in [1.54, 1.807) is 0 Å². The average molecular weight is 315 g/mol. The van der Waals surface area contributed by atoms with Gasteiger partial charge in [-0.05, 0) is 51.8 Å². The zero-order chi connectivity index (χ0) is 16.2. The van der Waals surface area contributed by atoms with Gasteiger partial charge in [0, 0.05) is 25.2 Å². The van der Waals surface area contributed by atoms with Crippen molar-refractivity contribution in [2.45, 2.75) is 51.2 Å². The Morgan fingerprint density at radius 3 is 2.61 bits per heavy atom. The Morgan fingerprint density at radius 1 is 1.13 bits per heavy atom. The van der Waals surface area contributed by atoms with Gasteiger partial charge in [-0.25, -0.2) is 0 Å².